The minimum atomic E-state index is 0.472. The van der Waals surface area contributed by atoms with E-state index in [1.54, 1.807) is 14.2 Å². The Kier molecular flexibility index (Phi) is 4.16. The van der Waals surface area contributed by atoms with E-state index in [4.69, 9.17) is 15.2 Å². The van der Waals surface area contributed by atoms with Crippen LogP contribution in [0.3, 0.4) is 0 Å². The Morgan fingerprint density at radius 1 is 1.43 bits per heavy atom. The Bertz CT molecular complexity index is 318. The molecule has 0 aliphatic heterocycles. The predicted molar refractivity (Wildman–Crippen MR) is 57.8 cm³/mol. The fourth-order valence-corrected chi connectivity index (χ4v) is 1.59. The molecule has 1 aromatic rings. The van der Waals surface area contributed by atoms with Crippen molar-refractivity contribution in [1.29, 1.82) is 0 Å². The lowest BCUT2D eigenvalue weighted by molar-refractivity contribution is 0.341. The molecule has 0 spiro atoms. The molecule has 0 aliphatic carbocycles. The molecular formula is C9H13BrN2O2. The van der Waals surface area contributed by atoms with Gasteiger partial charge in [0.15, 0.2) is 5.75 Å². The van der Waals surface area contributed by atoms with Crippen molar-refractivity contribution in [3.05, 3.63) is 16.2 Å². The van der Waals surface area contributed by atoms with Crippen LogP contribution in [0.2, 0.25) is 0 Å². The van der Waals surface area contributed by atoms with E-state index in [0.29, 0.717) is 18.2 Å². The Morgan fingerprint density at radius 3 is 2.64 bits per heavy atom. The third kappa shape index (κ3) is 2.36. The van der Waals surface area contributed by atoms with Crippen molar-refractivity contribution in [3.63, 3.8) is 0 Å². The lowest BCUT2D eigenvalue weighted by Gasteiger charge is -2.09. The first kappa shape index (κ1) is 11.3. The largest absolute Gasteiger partial charge is 0.491 e. The molecule has 0 atom stereocenters. The predicted octanol–water partition coefficient (Wildman–Crippen LogP) is 1.36. The normalized spacial score (nSPS) is 10.0. The summed E-state index contributed by atoms with van der Waals surface area (Å²) in [6.45, 7) is 0.579. The Labute approximate surface area is 91.5 Å². The second-order valence-electron chi connectivity index (χ2n) is 2.69. The second-order valence-corrected chi connectivity index (χ2v) is 3.44. The van der Waals surface area contributed by atoms with Crippen LogP contribution in [0.1, 0.15) is 5.56 Å². The highest BCUT2D eigenvalue weighted by Crippen LogP contribution is 2.29. The first-order chi connectivity index (χ1) is 6.72. The van der Waals surface area contributed by atoms with E-state index in [0.717, 1.165) is 16.6 Å². The maximum absolute atomic E-state index is 5.47. The van der Waals surface area contributed by atoms with Crippen LogP contribution >= 0.6 is 15.9 Å². The van der Waals surface area contributed by atoms with E-state index in [2.05, 4.69) is 20.9 Å². The summed E-state index contributed by atoms with van der Waals surface area (Å²) in [5, 5.41) is 0. The quantitative estimate of drug-likeness (QED) is 0.831. The number of pyridine rings is 1. The molecule has 0 saturated heterocycles. The molecular weight excluding hydrogens is 248 g/mol. The van der Waals surface area contributed by atoms with Crippen molar-refractivity contribution in [1.82, 2.24) is 4.98 Å². The van der Waals surface area contributed by atoms with Gasteiger partial charge >= 0.3 is 0 Å². The highest BCUT2D eigenvalue weighted by Gasteiger charge is 2.10. The van der Waals surface area contributed by atoms with Gasteiger partial charge in [-0.25, -0.2) is 4.98 Å². The van der Waals surface area contributed by atoms with Crippen molar-refractivity contribution < 1.29 is 9.47 Å². The minimum absolute atomic E-state index is 0.472. The summed E-state index contributed by atoms with van der Waals surface area (Å²) in [5.41, 5.74) is 6.49. The molecule has 1 rings (SSSR count). The van der Waals surface area contributed by atoms with Crippen molar-refractivity contribution >= 4 is 15.9 Å². The summed E-state index contributed by atoms with van der Waals surface area (Å²) >= 11 is 3.35. The monoisotopic (exact) mass is 260 g/mol. The van der Waals surface area contributed by atoms with Crippen LogP contribution in [0.5, 0.6) is 11.6 Å². The molecule has 0 aliphatic rings. The summed E-state index contributed by atoms with van der Waals surface area (Å²) in [6, 6.07) is 1.88. The molecule has 0 amide bonds. The van der Waals surface area contributed by atoms with Gasteiger partial charge in [-0.15, -0.1) is 0 Å². The van der Waals surface area contributed by atoms with Gasteiger partial charge < -0.3 is 15.2 Å². The van der Waals surface area contributed by atoms with E-state index in [-0.39, 0.29) is 0 Å². The Balaban J connectivity index is 3.09. The highest BCUT2D eigenvalue weighted by atomic mass is 79.9. The van der Waals surface area contributed by atoms with Gasteiger partial charge in [0.25, 0.3) is 5.88 Å². The van der Waals surface area contributed by atoms with E-state index in [1.807, 2.05) is 6.07 Å². The van der Waals surface area contributed by atoms with Crippen LogP contribution in [0.15, 0.2) is 10.7 Å². The number of rotatable bonds is 4. The third-order valence-electron chi connectivity index (χ3n) is 1.81. The van der Waals surface area contributed by atoms with E-state index in [1.165, 1.54) is 0 Å². The van der Waals surface area contributed by atoms with Crippen LogP contribution in [0.25, 0.3) is 0 Å². The molecule has 0 radical (unpaired) electrons. The molecule has 0 aromatic carbocycles. The lowest BCUT2D eigenvalue weighted by Crippen LogP contribution is -2.05. The minimum Gasteiger partial charge on any atom is -0.491 e. The number of hydrogen-bond acceptors (Lipinski definition) is 4. The Morgan fingerprint density at radius 2 is 2.14 bits per heavy atom. The van der Waals surface area contributed by atoms with Gasteiger partial charge in [-0.05, 0) is 40.5 Å². The molecule has 78 valence electrons. The van der Waals surface area contributed by atoms with Crippen LogP contribution in [-0.4, -0.2) is 25.7 Å². The molecule has 1 aromatic heterocycles. The second kappa shape index (κ2) is 5.17. The third-order valence-corrected chi connectivity index (χ3v) is 2.49. The fraction of sp³-hybridized carbons (Fsp3) is 0.444. The SMILES string of the molecule is COc1cc(CCN)c(Br)nc1OC. The standard InChI is InChI=1S/C9H13BrN2O2/c1-13-7-5-6(3-4-11)8(10)12-9(7)14-2/h5H,3-4,11H2,1-2H3. The zero-order valence-corrected chi connectivity index (χ0v) is 9.80. The summed E-state index contributed by atoms with van der Waals surface area (Å²) in [7, 11) is 3.14. The van der Waals surface area contributed by atoms with Gasteiger partial charge in [-0.1, -0.05) is 0 Å². The summed E-state index contributed by atoms with van der Waals surface area (Å²) in [4.78, 5) is 4.19. The van der Waals surface area contributed by atoms with Crippen LogP contribution < -0.4 is 15.2 Å². The van der Waals surface area contributed by atoms with Gasteiger partial charge in [-0.3, -0.25) is 0 Å². The van der Waals surface area contributed by atoms with E-state index in [9.17, 15) is 0 Å². The molecule has 5 heteroatoms. The topological polar surface area (TPSA) is 57.4 Å². The number of methoxy groups -OCH3 is 2. The zero-order valence-electron chi connectivity index (χ0n) is 8.21. The first-order valence-corrected chi connectivity index (χ1v) is 4.99. The van der Waals surface area contributed by atoms with Gasteiger partial charge in [0.1, 0.15) is 4.60 Å². The van der Waals surface area contributed by atoms with Crippen LogP contribution in [0, 0.1) is 0 Å². The molecule has 2 N–H and O–H groups in total. The van der Waals surface area contributed by atoms with Gasteiger partial charge in [0, 0.05) is 0 Å². The van der Waals surface area contributed by atoms with Crippen molar-refractivity contribution in [2.24, 2.45) is 5.73 Å². The molecule has 14 heavy (non-hydrogen) atoms. The molecule has 1 heterocycles. The van der Waals surface area contributed by atoms with Crippen LogP contribution in [0.4, 0.5) is 0 Å². The summed E-state index contributed by atoms with van der Waals surface area (Å²) < 4.78 is 10.9. The number of nitrogens with two attached hydrogens (primary N) is 1. The zero-order chi connectivity index (χ0) is 10.6. The van der Waals surface area contributed by atoms with Gasteiger partial charge in [0.05, 0.1) is 14.2 Å². The van der Waals surface area contributed by atoms with Crippen molar-refractivity contribution in [2.45, 2.75) is 6.42 Å². The fourth-order valence-electron chi connectivity index (χ4n) is 1.12. The average molecular weight is 261 g/mol. The number of halogens is 1. The number of nitrogens with zero attached hydrogens (tertiary/aromatic N) is 1. The number of hydrogen-bond donors (Lipinski definition) is 1. The lowest BCUT2D eigenvalue weighted by atomic mass is 10.2. The molecule has 0 unspecified atom stereocenters. The van der Waals surface area contributed by atoms with Crippen molar-refractivity contribution in [2.75, 3.05) is 20.8 Å². The molecule has 4 nitrogen and oxygen atoms in total. The molecule has 0 fully saturated rings. The van der Waals surface area contributed by atoms with Crippen molar-refractivity contribution in [3.8, 4) is 11.6 Å². The average Bonchev–Trinajstić information content (AvgIpc) is 2.20. The number of aromatic nitrogens is 1. The first-order valence-electron chi connectivity index (χ1n) is 4.20. The Hall–Kier alpha value is -0.810. The highest BCUT2D eigenvalue weighted by molar-refractivity contribution is 9.10. The van der Waals surface area contributed by atoms with Crippen LogP contribution in [-0.2, 0) is 6.42 Å². The summed E-state index contributed by atoms with van der Waals surface area (Å²) in [6.07, 6.45) is 0.758. The smallest absolute Gasteiger partial charge is 0.257 e. The molecule has 0 bridgehead atoms. The maximum Gasteiger partial charge on any atom is 0.257 e. The van der Waals surface area contributed by atoms with E-state index < -0.39 is 0 Å². The molecule has 0 saturated carbocycles. The van der Waals surface area contributed by atoms with Gasteiger partial charge in [-0.2, -0.15) is 0 Å². The number of ether oxygens (including phenoxy) is 2. The van der Waals surface area contributed by atoms with E-state index >= 15 is 0 Å². The maximum atomic E-state index is 5.47. The van der Waals surface area contributed by atoms with Gasteiger partial charge in [0.2, 0.25) is 0 Å². The summed E-state index contributed by atoms with van der Waals surface area (Å²) in [5.74, 6) is 1.10.